The van der Waals surface area contributed by atoms with E-state index in [-0.39, 0.29) is 0 Å². The maximum Gasteiger partial charge on any atom is 0.161 e. The second-order valence-corrected chi connectivity index (χ2v) is 6.43. The fourth-order valence-electron chi connectivity index (χ4n) is 3.00. The van der Waals surface area contributed by atoms with Crippen LogP contribution in [-0.4, -0.2) is 20.3 Å². The molecule has 1 aromatic rings. The zero-order chi connectivity index (χ0) is 15.4. The molecule has 4 atom stereocenters. The lowest BCUT2D eigenvalue weighted by Gasteiger charge is -2.32. The minimum atomic E-state index is 0.309. The summed E-state index contributed by atoms with van der Waals surface area (Å²) in [7, 11) is 3.67. The van der Waals surface area contributed by atoms with Crippen molar-refractivity contribution >= 4 is 0 Å². The topological polar surface area (TPSA) is 30.5 Å². The molecule has 118 valence electrons. The fourth-order valence-corrected chi connectivity index (χ4v) is 3.00. The van der Waals surface area contributed by atoms with Gasteiger partial charge in [-0.15, -0.1) is 0 Å². The molecule has 0 aromatic heterocycles. The van der Waals surface area contributed by atoms with Crippen LogP contribution < -0.4 is 14.8 Å². The molecule has 0 spiro atoms. The largest absolute Gasteiger partial charge is 0.493 e. The average Bonchev–Trinajstić information content (AvgIpc) is 2.50. The molecule has 0 amide bonds. The molecule has 0 saturated heterocycles. The summed E-state index contributed by atoms with van der Waals surface area (Å²) in [5.41, 5.74) is 1.22. The van der Waals surface area contributed by atoms with Gasteiger partial charge in [-0.25, -0.2) is 0 Å². The van der Waals surface area contributed by atoms with Gasteiger partial charge in [-0.3, -0.25) is 0 Å². The second-order valence-electron chi connectivity index (χ2n) is 6.43. The molecule has 1 aliphatic carbocycles. The predicted molar refractivity (Wildman–Crippen MR) is 87.1 cm³/mol. The summed E-state index contributed by atoms with van der Waals surface area (Å²) in [6.45, 7) is 6.81. The lowest BCUT2D eigenvalue weighted by molar-refractivity contribution is 0.0976. The Morgan fingerprint density at radius 1 is 1.14 bits per heavy atom. The van der Waals surface area contributed by atoms with Gasteiger partial charge in [0.1, 0.15) is 0 Å². The lowest BCUT2D eigenvalue weighted by atomic mass is 9.80. The number of benzene rings is 1. The molecule has 1 aromatic carbocycles. The van der Waals surface area contributed by atoms with Crippen LogP contribution in [0.15, 0.2) is 18.2 Å². The third-order valence-corrected chi connectivity index (χ3v) is 4.96. The first kappa shape index (κ1) is 16.2. The van der Waals surface area contributed by atoms with E-state index in [9.17, 15) is 0 Å². The van der Waals surface area contributed by atoms with E-state index in [2.05, 4.69) is 38.2 Å². The Kier molecular flexibility index (Phi) is 5.51. The standard InChI is InChI=1S/C18H29NO2/c1-12-6-8-16(10-13(12)2)21-17-9-7-15(14(3)19-4)11-18(17)20-5/h7,9,11-14,16,19H,6,8,10H2,1-5H3. The van der Waals surface area contributed by atoms with E-state index in [4.69, 9.17) is 9.47 Å². The van der Waals surface area contributed by atoms with Crippen molar-refractivity contribution in [2.24, 2.45) is 11.8 Å². The number of hydrogen-bond acceptors (Lipinski definition) is 3. The highest BCUT2D eigenvalue weighted by Gasteiger charge is 2.26. The zero-order valence-electron chi connectivity index (χ0n) is 14.0. The molecular weight excluding hydrogens is 262 g/mol. The highest BCUT2D eigenvalue weighted by Crippen LogP contribution is 2.36. The molecule has 0 radical (unpaired) electrons. The SMILES string of the molecule is CNC(C)c1ccc(OC2CCC(C)C(C)C2)c(OC)c1. The first-order valence-electron chi connectivity index (χ1n) is 8.07. The van der Waals surface area contributed by atoms with Gasteiger partial charge in [-0.05, 0) is 62.8 Å². The van der Waals surface area contributed by atoms with Crippen LogP contribution in [0.3, 0.4) is 0 Å². The summed E-state index contributed by atoms with van der Waals surface area (Å²) in [5, 5.41) is 3.25. The molecule has 3 heteroatoms. The number of hydrogen-bond donors (Lipinski definition) is 1. The van der Waals surface area contributed by atoms with Crippen LogP contribution in [0.25, 0.3) is 0 Å². The molecule has 1 saturated carbocycles. The van der Waals surface area contributed by atoms with Gasteiger partial charge >= 0.3 is 0 Å². The summed E-state index contributed by atoms with van der Waals surface area (Å²) in [4.78, 5) is 0. The first-order chi connectivity index (χ1) is 10.0. The van der Waals surface area contributed by atoms with E-state index in [0.717, 1.165) is 36.2 Å². The Morgan fingerprint density at radius 3 is 2.52 bits per heavy atom. The molecule has 3 nitrogen and oxygen atoms in total. The van der Waals surface area contributed by atoms with Gasteiger partial charge in [-0.2, -0.15) is 0 Å². The molecule has 0 heterocycles. The summed E-state index contributed by atoms with van der Waals surface area (Å²) < 4.78 is 11.7. The fraction of sp³-hybridized carbons (Fsp3) is 0.667. The molecule has 0 aliphatic heterocycles. The zero-order valence-corrected chi connectivity index (χ0v) is 14.0. The lowest BCUT2D eigenvalue weighted by Crippen LogP contribution is -2.28. The van der Waals surface area contributed by atoms with Gasteiger partial charge in [0, 0.05) is 6.04 Å². The van der Waals surface area contributed by atoms with E-state index >= 15 is 0 Å². The molecule has 1 N–H and O–H groups in total. The normalized spacial score (nSPS) is 27.2. The second kappa shape index (κ2) is 7.17. The Morgan fingerprint density at radius 2 is 1.90 bits per heavy atom. The number of rotatable bonds is 5. The van der Waals surface area contributed by atoms with E-state index in [0.29, 0.717) is 12.1 Å². The number of nitrogens with one attached hydrogen (secondary N) is 1. The van der Waals surface area contributed by atoms with Crippen LogP contribution in [0.1, 0.15) is 51.6 Å². The van der Waals surface area contributed by atoms with E-state index in [1.807, 2.05) is 13.1 Å². The third-order valence-electron chi connectivity index (χ3n) is 4.96. The van der Waals surface area contributed by atoms with Crippen LogP contribution in [0.2, 0.25) is 0 Å². The van der Waals surface area contributed by atoms with Crippen LogP contribution in [-0.2, 0) is 0 Å². The summed E-state index contributed by atoms with van der Waals surface area (Å²) in [6, 6.07) is 6.55. The van der Waals surface area contributed by atoms with Crippen molar-refractivity contribution in [2.45, 2.75) is 52.2 Å². The van der Waals surface area contributed by atoms with Gasteiger partial charge in [0.15, 0.2) is 11.5 Å². The monoisotopic (exact) mass is 291 g/mol. The van der Waals surface area contributed by atoms with E-state index in [1.165, 1.54) is 12.0 Å². The third kappa shape index (κ3) is 3.91. The van der Waals surface area contributed by atoms with Crippen LogP contribution in [0.4, 0.5) is 0 Å². The maximum atomic E-state index is 6.22. The smallest absolute Gasteiger partial charge is 0.161 e. The molecule has 21 heavy (non-hydrogen) atoms. The Bertz CT molecular complexity index is 461. The Labute approximate surface area is 129 Å². The maximum absolute atomic E-state index is 6.22. The minimum Gasteiger partial charge on any atom is -0.493 e. The molecule has 4 unspecified atom stereocenters. The van der Waals surface area contributed by atoms with Gasteiger partial charge in [-0.1, -0.05) is 19.9 Å². The van der Waals surface area contributed by atoms with E-state index in [1.54, 1.807) is 7.11 Å². The Balaban J connectivity index is 2.09. The molecule has 1 fully saturated rings. The van der Waals surface area contributed by atoms with Crippen molar-refractivity contribution in [3.05, 3.63) is 23.8 Å². The molecule has 0 bridgehead atoms. The van der Waals surface area contributed by atoms with Gasteiger partial charge in [0.05, 0.1) is 13.2 Å². The van der Waals surface area contributed by atoms with E-state index < -0.39 is 0 Å². The van der Waals surface area contributed by atoms with Crippen molar-refractivity contribution in [1.82, 2.24) is 5.32 Å². The van der Waals surface area contributed by atoms with Gasteiger partial charge in [0.2, 0.25) is 0 Å². The quantitative estimate of drug-likeness (QED) is 0.883. The van der Waals surface area contributed by atoms with Crippen molar-refractivity contribution in [3.8, 4) is 11.5 Å². The molecule has 1 aliphatic rings. The molecule has 2 rings (SSSR count). The van der Waals surface area contributed by atoms with Crippen molar-refractivity contribution < 1.29 is 9.47 Å². The van der Waals surface area contributed by atoms with Crippen molar-refractivity contribution in [3.63, 3.8) is 0 Å². The number of ether oxygens (including phenoxy) is 2. The minimum absolute atomic E-state index is 0.309. The Hall–Kier alpha value is -1.22. The van der Waals surface area contributed by atoms with Crippen LogP contribution >= 0.6 is 0 Å². The number of methoxy groups -OCH3 is 1. The molecular formula is C18H29NO2. The summed E-state index contributed by atoms with van der Waals surface area (Å²) in [5.74, 6) is 3.25. The highest BCUT2D eigenvalue weighted by molar-refractivity contribution is 5.44. The summed E-state index contributed by atoms with van der Waals surface area (Å²) in [6.07, 6.45) is 3.85. The van der Waals surface area contributed by atoms with Crippen LogP contribution in [0, 0.1) is 11.8 Å². The van der Waals surface area contributed by atoms with Crippen molar-refractivity contribution in [1.29, 1.82) is 0 Å². The van der Waals surface area contributed by atoms with Gasteiger partial charge < -0.3 is 14.8 Å². The summed E-state index contributed by atoms with van der Waals surface area (Å²) >= 11 is 0. The highest BCUT2D eigenvalue weighted by atomic mass is 16.5. The predicted octanol–water partition coefficient (Wildman–Crippen LogP) is 4.18. The average molecular weight is 291 g/mol. The first-order valence-corrected chi connectivity index (χ1v) is 8.07. The van der Waals surface area contributed by atoms with Crippen molar-refractivity contribution in [2.75, 3.05) is 14.2 Å². The van der Waals surface area contributed by atoms with Crippen LogP contribution in [0.5, 0.6) is 11.5 Å². The van der Waals surface area contributed by atoms with Gasteiger partial charge in [0.25, 0.3) is 0 Å².